The smallest absolute Gasteiger partial charge is 0.326 e. The number of thiazole rings is 1. The molecule has 130 valence electrons. The van der Waals surface area contributed by atoms with Crippen LogP contribution >= 0.6 is 11.3 Å². The van der Waals surface area contributed by atoms with Crippen molar-refractivity contribution in [3.05, 3.63) is 16.1 Å². The molecule has 3 N–H and O–H groups in total. The van der Waals surface area contributed by atoms with Crippen molar-refractivity contribution in [2.45, 2.75) is 45.9 Å². The molecule has 0 radical (unpaired) electrons. The third-order valence-electron chi connectivity index (χ3n) is 3.25. The summed E-state index contributed by atoms with van der Waals surface area (Å²) >= 11 is 1.31. The Kier molecular flexibility index (Phi) is 6.48. The number of aromatic nitrogens is 1. The molecule has 0 saturated heterocycles. The highest BCUT2D eigenvalue weighted by Gasteiger charge is 2.27. The lowest BCUT2D eigenvalue weighted by molar-refractivity contribution is -0.318. The van der Waals surface area contributed by atoms with E-state index in [0.29, 0.717) is 10.7 Å². The second-order valence-corrected chi connectivity index (χ2v) is 6.97. The minimum atomic E-state index is -1.07. The first-order valence-electron chi connectivity index (χ1n) is 7.10. The SMILES string of the molecule is CC(C)[C@H](NC(=O)N(C)Cc1csc(C(C)(C)OO)n1)C(=O)O. The van der Waals surface area contributed by atoms with Crippen LogP contribution < -0.4 is 5.32 Å². The van der Waals surface area contributed by atoms with Gasteiger partial charge < -0.3 is 15.3 Å². The number of amides is 2. The fourth-order valence-corrected chi connectivity index (χ4v) is 2.63. The van der Waals surface area contributed by atoms with E-state index >= 15 is 0 Å². The number of aliphatic carboxylic acids is 1. The molecule has 0 aliphatic rings. The summed E-state index contributed by atoms with van der Waals surface area (Å²) in [5.41, 5.74) is -0.292. The second kappa shape index (κ2) is 7.71. The maximum absolute atomic E-state index is 12.1. The van der Waals surface area contributed by atoms with Crippen LogP contribution in [0, 0.1) is 5.92 Å². The van der Waals surface area contributed by atoms with Gasteiger partial charge in [0.25, 0.3) is 0 Å². The first-order chi connectivity index (χ1) is 10.6. The molecule has 1 aromatic rings. The molecule has 9 heteroatoms. The van der Waals surface area contributed by atoms with Crippen LogP contribution in [-0.2, 0) is 21.8 Å². The molecule has 0 bridgehead atoms. The van der Waals surface area contributed by atoms with Crippen molar-refractivity contribution in [2.24, 2.45) is 5.92 Å². The van der Waals surface area contributed by atoms with Gasteiger partial charge >= 0.3 is 12.0 Å². The van der Waals surface area contributed by atoms with Crippen LogP contribution in [0.3, 0.4) is 0 Å². The van der Waals surface area contributed by atoms with Crippen LogP contribution in [-0.4, -0.2) is 45.3 Å². The average molecular weight is 345 g/mol. The predicted octanol–water partition coefficient (Wildman–Crippen LogP) is 2.12. The van der Waals surface area contributed by atoms with Crippen molar-refractivity contribution in [3.63, 3.8) is 0 Å². The second-order valence-electron chi connectivity index (χ2n) is 6.11. The van der Waals surface area contributed by atoms with Gasteiger partial charge in [0.15, 0.2) is 0 Å². The summed E-state index contributed by atoms with van der Waals surface area (Å²) in [5.74, 6) is -1.29. The Morgan fingerprint density at radius 2 is 2.09 bits per heavy atom. The Hall–Kier alpha value is -1.71. The van der Waals surface area contributed by atoms with E-state index in [1.165, 1.54) is 16.2 Å². The lowest BCUT2D eigenvalue weighted by atomic mass is 10.1. The Balaban J connectivity index is 2.70. The number of carboxylic acids is 1. The van der Waals surface area contributed by atoms with Gasteiger partial charge in [-0.05, 0) is 19.8 Å². The van der Waals surface area contributed by atoms with Gasteiger partial charge in [0.1, 0.15) is 16.7 Å². The molecule has 8 nitrogen and oxygen atoms in total. The molecule has 1 aromatic heterocycles. The summed E-state index contributed by atoms with van der Waals surface area (Å²) in [6.07, 6.45) is 0. The lowest BCUT2D eigenvalue weighted by Crippen LogP contribution is -2.48. The van der Waals surface area contributed by atoms with E-state index in [4.69, 9.17) is 10.4 Å². The third-order valence-corrected chi connectivity index (χ3v) is 4.45. The van der Waals surface area contributed by atoms with Crippen LogP contribution in [0.25, 0.3) is 0 Å². The van der Waals surface area contributed by atoms with Crippen molar-refractivity contribution in [1.82, 2.24) is 15.2 Å². The van der Waals surface area contributed by atoms with Gasteiger partial charge in [-0.15, -0.1) is 11.3 Å². The number of carbonyl (C=O) groups excluding carboxylic acids is 1. The van der Waals surface area contributed by atoms with Crippen LogP contribution in [0.2, 0.25) is 0 Å². The highest BCUT2D eigenvalue weighted by molar-refractivity contribution is 7.09. The monoisotopic (exact) mass is 345 g/mol. The molecule has 0 spiro atoms. The maximum Gasteiger partial charge on any atom is 0.326 e. The molecule has 0 aromatic carbocycles. The number of hydrogen-bond donors (Lipinski definition) is 3. The van der Waals surface area contributed by atoms with Crippen molar-refractivity contribution in [2.75, 3.05) is 7.05 Å². The van der Waals surface area contributed by atoms with Gasteiger partial charge in [-0.2, -0.15) is 0 Å². The predicted molar refractivity (Wildman–Crippen MR) is 85.1 cm³/mol. The summed E-state index contributed by atoms with van der Waals surface area (Å²) in [6, 6.07) is -1.43. The molecule has 23 heavy (non-hydrogen) atoms. The van der Waals surface area contributed by atoms with Crippen LogP contribution in [0.5, 0.6) is 0 Å². The van der Waals surface area contributed by atoms with Crippen LogP contribution in [0.1, 0.15) is 38.4 Å². The Morgan fingerprint density at radius 1 is 1.48 bits per heavy atom. The molecule has 0 aliphatic heterocycles. The lowest BCUT2D eigenvalue weighted by Gasteiger charge is -2.23. The molecule has 1 rings (SSSR count). The molecule has 0 unspecified atom stereocenters. The maximum atomic E-state index is 12.1. The Bertz CT molecular complexity index is 558. The number of nitrogens with one attached hydrogen (secondary N) is 1. The summed E-state index contributed by atoms with van der Waals surface area (Å²) in [6.45, 7) is 7.01. The zero-order valence-electron chi connectivity index (χ0n) is 13.9. The van der Waals surface area contributed by atoms with E-state index in [1.807, 2.05) is 0 Å². The fraction of sp³-hybridized carbons (Fsp3) is 0.643. The summed E-state index contributed by atoms with van der Waals surface area (Å²) in [7, 11) is 1.56. The van der Waals surface area contributed by atoms with Gasteiger partial charge in [-0.3, -0.25) is 5.26 Å². The highest BCUT2D eigenvalue weighted by Crippen LogP contribution is 2.27. The molecule has 0 fully saturated rings. The average Bonchev–Trinajstić information content (AvgIpc) is 2.92. The van der Waals surface area contributed by atoms with E-state index in [9.17, 15) is 9.59 Å². The molecular weight excluding hydrogens is 322 g/mol. The van der Waals surface area contributed by atoms with Gasteiger partial charge in [0.2, 0.25) is 0 Å². The summed E-state index contributed by atoms with van der Waals surface area (Å²) in [4.78, 5) is 33.3. The van der Waals surface area contributed by atoms with Gasteiger partial charge in [-0.25, -0.2) is 19.5 Å². The first-order valence-corrected chi connectivity index (χ1v) is 7.98. The first kappa shape index (κ1) is 19.3. The third kappa shape index (κ3) is 5.15. The highest BCUT2D eigenvalue weighted by atomic mass is 32.1. The van der Waals surface area contributed by atoms with Crippen molar-refractivity contribution < 1.29 is 24.8 Å². The molecule has 1 heterocycles. The molecule has 0 saturated carbocycles. The number of carboxylic acid groups (broad SMARTS) is 1. The minimum Gasteiger partial charge on any atom is -0.480 e. The number of rotatable bonds is 7. The number of urea groups is 1. The van der Waals surface area contributed by atoms with E-state index in [1.54, 1.807) is 40.1 Å². The molecule has 1 atom stereocenters. The fourth-order valence-electron chi connectivity index (χ4n) is 1.77. The van der Waals surface area contributed by atoms with E-state index in [0.717, 1.165) is 0 Å². The molecule has 2 amide bonds. The summed E-state index contributed by atoms with van der Waals surface area (Å²) < 4.78 is 0. The zero-order chi connectivity index (χ0) is 17.8. The Labute approximate surface area is 139 Å². The quantitative estimate of drug-likeness (QED) is 0.515. The zero-order valence-corrected chi connectivity index (χ0v) is 14.7. The molecular formula is C14H23N3O5S. The van der Waals surface area contributed by atoms with Crippen molar-refractivity contribution in [3.8, 4) is 0 Å². The number of carbonyl (C=O) groups is 2. The minimum absolute atomic E-state index is 0.217. The van der Waals surface area contributed by atoms with E-state index in [2.05, 4.69) is 15.2 Å². The normalized spacial score (nSPS) is 13.0. The van der Waals surface area contributed by atoms with Crippen LogP contribution in [0.4, 0.5) is 4.79 Å². The van der Waals surface area contributed by atoms with E-state index in [-0.39, 0.29) is 12.5 Å². The standard InChI is InChI=1S/C14H23N3O5S/c1-8(2)10(11(18)19)16-13(20)17(5)6-9-7-23-12(15-9)14(3,4)22-21/h7-8,10,21H,6H2,1-5H3,(H,16,20)(H,18,19)/t10-/m0/s1. The topological polar surface area (TPSA) is 112 Å². The largest absolute Gasteiger partial charge is 0.480 e. The van der Waals surface area contributed by atoms with Gasteiger partial charge in [0.05, 0.1) is 12.2 Å². The summed E-state index contributed by atoms with van der Waals surface area (Å²) in [5, 5.41) is 22.8. The van der Waals surface area contributed by atoms with Gasteiger partial charge in [0, 0.05) is 12.4 Å². The van der Waals surface area contributed by atoms with E-state index < -0.39 is 23.6 Å². The number of nitrogens with zero attached hydrogens (tertiary/aromatic N) is 2. The Morgan fingerprint density at radius 3 is 2.57 bits per heavy atom. The van der Waals surface area contributed by atoms with Crippen LogP contribution in [0.15, 0.2) is 5.38 Å². The van der Waals surface area contributed by atoms with Crippen molar-refractivity contribution in [1.29, 1.82) is 0 Å². The van der Waals surface area contributed by atoms with Crippen molar-refractivity contribution >= 4 is 23.3 Å². The number of hydrogen-bond acceptors (Lipinski definition) is 6. The van der Waals surface area contributed by atoms with Gasteiger partial charge in [-0.1, -0.05) is 13.8 Å². The molecule has 0 aliphatic carbocycles.